The molecule has 1 aromatic rings. The average Bonchev–Trinajstić information content (AvgIpc) is 2.68. The smallest absolute Gasteiger partial charge is 0.193 e. The number of hydrogen-bond donors (Lipinski definition) is 1. The van der Waals surface area contributed by atoms with Crippen LogP contribution in [0.4, 0.5) is 5.69 Å². The van der Waals surface area contributed by atoms with Gasteiger partial charge in [0.2, 0.25) is 0 Å². The maximum Gasteiger partial charge on any atom is 0.193 e. The first kappa shape index (κ1) is 21.3. The van der Waals surface area contributed by atoms with E-state index in [1.807, 2.05) is 7.05 Å². The van der Waals surface area contributed by atoms with Crippen molar-refractivity contribution in [3.05, 3.63) is 30.3 Å². The summed E-state index contributed by atoms with van der Waals surface area (Å²) in [5.74, 6) is 1.94. The number of piperazine rings is 1. The lowest BCUT2D eigenvalue weighted by molar-refractivity contribution is 0.212. The van der Waals surface area contributed by atoms with Gasteiger partial charge in [-0.25, -0.2) is 0 Å². The van der Waals surface area contributed by atoms with Gasteiger partial charge in [-0.05, 0) is 57.5 Å². The van der Waals surface area contributed by atoms with E-state index < -0.39 is 0 Å². The molecule has 0 saturated carbocycles. The first-order valence-electron chi connectivity index (χ1n) is 9.70. The van der Waals surface area contributed by atoms with Gasteiger partial charge in [0.1, 0.15) is 0 Å². The van der Waals surface area contributed by atoms with E-state index in [0.29, 0.717) is 0 Å². The van der Waals surface area contributed by atoms with Crippen molar-refractivity contribution in [3.63, 3.8) is 0 Å². The Balaban J connectivity index is 0.00000243. The van der Waals surface area contributed by atoms with E-state index in [0.717, 1.165) is 44.6 Å². The Bertz CT molecular complexity index is 534. The molecular formula is C20H34IN5. The van der Waals surface area contributed by atoms with Crippen LogP contribution in [0.25, 0.3) is 0 Å². The van der Waals surface area contributed by atoms with Gasteiger partial charge >= 0.3 is 0 Å². The van der Waals surface area contributed by atoms with Gasteiger partial charge in [0, 0.05) is 45.5 Å². The molecule has 0 aromatic heterocycles. The number of hydrogen-bond acceptors (Lipinski definition) is 3. The molecule has 2 heterocycles. The molecule has 1 N–H and O–H groups in total. The zero-order valence-electron chi connectivity index (χ0n) is 16.2. The summed E-state index contributed by atoms with van der Waals surface area (Å²) in [6.07, 6.45) is 3.94. The number of halogens is 1. The van der Waals surface area contributed by atoms with Gasteiger partial charge in [-0.15, -0.1) is 24.0 Å². The predicted octanol–water partition coefficient (Wildman–Crippen LogP) is 2.73. The van der Waals surface area contributed by atoms with Crippen LogP contribution in [0.5, 0.6) is 0 Å². The number of para-hydroxylation sites is 1. The molecule has 0 radical (unpaired) electrons. The zero-order chi connectivity index (χ0) is 17.5. The van der Waals surface area contributed by atoms with Crippen LogP contribution in [-0.4, -0.2) is 75.7 Å². The van der Waals surface area contributed by atoms with Crippen LogP contribution in [-0.2, 0) is 0 Å². The SMILES string of the molecule is CN=C(NCCC1CCN(C)CC1)N1CCN(c2ccccc2)CC1.I. The van der Waals surface area contributed by atoms with Crippen molar-refractivity contribution in [1.29, 1.82) is 0 Å². The minimum absolute atomic E-state index is 0. The first-order chi connectivity index (χ1) is 12.3. The summed E-state index contributed by atoms with van der Waals surface area (Å²) in [5.41, 5.74) is 1.33. The molecule has 0 amide bonds. The highest BCUT2D eigenvalue weighted by molar-refractivity contribution is 14.0. The summed E-state index contributed by atoms with van der Waals surface area (Å²) in [7, 11) is 4.13. The fourth-order valence-electron chi connectivity index (χ4n) is 3.89. The summed E-state index contributed by atoms with van der Waals surface area (Å²) in [4.78, 5) is 11.8. The van der Waals surface area contributed by atoms with E-state index in [9.17, 15) is 0 Å². The van der Waals surface area contributed by atoms with Gasteiger partial charge in [-0.1, -0.05) is 18.2 Å². The quantitative estimate of drug-likeness (QED) is 0.416. The van der Waals surface area contributed by atoms with E-state index in [4.69, 9.17) is 0 Å². The molecule has 1 aromatic carbocycles. The highest BCUT2D eigenvalue weighted by atomic mass is 127. The molecule has 26 heavy (non-hydrogen) atoms. The Kier molecular flexibility index (Phi) is 8.98. The maximum atomic E-state index is 4.51. The lowest BCUT2D eigenvalue weighted by atomic mass is 9.94. The number of likely N-dealkylation sites (tertiary alicyclic amines) is 1. The molecule has 2 saturated heterocycles. The largest absolute Gasteiger partial charge is 0.368 e. The standard InChI is InChI=1S/C20H33N5.HI/c1-21-20(22-11-8-18-9-12-23(2)13-10-18)25-16-14-24(15-17-25)19-6-4-3-5-7-19;/h3-7,18H,8-17H2,1-2H3,(H,21,22);1H. The first-order valence-corrected chi connectivity index (χ1v) is 9.70. The second-order valence-corrected chi connectivity index (χ2v) is 7.32. The number of rotatable bonds is 4. The van der Waals surface area contributed by atoms with E-state index in [2.05, 4.69) is 62.4 Å². The van der Waals surface area contributed by atoms with E-state index in [-0.39, 0.29) is 24.0 Å². The third-order valence-electron chi connectivity index (χ3n) is 5.59. The van der Waals surface area contributed by atoms with E-state index >= 15 is 0 Å². The molecule has 6 heteroatoms. The highest BCUT2D eigenvalue weighted by Crippen LogP contribution is 2.19. The van der Waals surface area contributed by atoms with Crippen LogP contribution in [0.3, 0.4) is 0 Å². The molecule has 5 nitrogen and oxygen atoms in total. The number of anilines is 1. The van der Waals surface area contributed by atoms with E-state index in [1.165, 1.54) is 38.0 Å². The van der Waals surface area contributed by atoms with Crippen molar-refractivity contribution in [2.45, 2.75) is 19.3 Å². The topological polar surface area (TPSA) is 34.1 Å². The number of nitrogens with zero attached hydrogens (tertiary/aromatic N) is 4. The number of nitrogens with one attached hydrogen (secondary N) is 1. The van der Waals surface area contributed by atoms with Gasteiger partial charge in [-0.3, -0.25) is 4.99 Å². The normalized spacial score (nSPS) is 20.0. The molecule has 2 aliphatic rings. The van der Waals surface area contributed by atoms with E-state index in [1.54, 1.807) is 0 Å². The minimum atomic E-state index is 0. The number of guanidine groups is 1. The Hall–Kier alpha value is -1.02. The fourth-order valence-corrected chi connectivity index (χ4v) is 3.89. The number of benzene rings is 1. The van der Waals surface area contributed by atoms with Gasteiger partial charge in [0.05, 0.1) is 0 Å². The summed E-state index contributed by atoms with van der Waals surface area (Å²) in [5, 5.41) is 3.60. The van der Waals surface area contributed by atoms with Crippen LogP contribution in [0.1, 0.15) is 19.3 Å². The van der Waals surface area contributed by atoms with Crippen molar-refractivity contribution in [3.8, 4) is 0 Å². The lowest BCUT2D eigenvalue weighted by Gasteiger charge is -2.38. The van der Waals surface area contributed by atoms with Gasteiger partial charge in [0.15, 0.2) is 5.96 Å². The summed E-state index contributed by atoms with van der Waals surface area (Å²) < 4.78 is 0. The second-order valence-electron chi connectivity index (χ2n) is 7.32. The van der Waals surface area contributed by atoms with Crippen molar-refractivity contribution in [2.24, 2.45) is 10.9 Å². The number of aliphatic imine (C=N–C) groups is 1. The Labute approximate surface area is 175 Å². The van der Waals surface area contributed by atoms with Gasteiger partial charge < -0.3 is 20.0 Å². The predicted molar refractivity (Wildman–Crippen MR) is 122 cm³/mol. The molecule has 0 spiro atoms. The molecular weight excluding hydrogens is 437 g/mol. The Morgan fingerprint density at radius 1 is 1.04 bits per heavy atom. The van der Waals surface area contributed by atoms with Crippen LogP contribution in [0, 0.1) is 5.92 Å². The van der Waals surface area contributed by atoms with Crippen LogP contribution < -0.4 is 10.2 Å². The summed E-state index contributed by atoms with van der Waals surface area (Å²) in [6.45, 7) is 7.71. The molecule has 2 aliphatic heterocycles. The van der Waals surface area contributed by atoms with Crippen molar-refractivity contribution in [2.75, 3.05) is 64.8 Å². The van der Waals surface area contributed by atoms with Crippen LogP contribution in [0.15, 0.2) is 35.3 Å². The van der Waals surface area contributed by atoms with Crippen LogP contribution >= 0.6 is 24.0 Å². The summed E-state index contributed by atoms with van der Waals surface area (Å²) in [6, 6.07) is 10.7. The molecule has 146 valence electrons. The second kappa shape index (κ2) is 11.0. The Morgan fingerprint density at radius 3 is 2.31 bits per heavy atom. The molecule has 3 rings (SSSR count). The molecule has 2 fully saturated rings. The van der Waals surface area contributed by atoms with Crippen LogP contribution in [0.2, 0.25) is 0 Å². The van der Waals surface area contributed by atoms with Gasteiger partial charge in [-0.2, -0.15) is 0 Å². The van der Waals surface area contributed by atoms with Crippen molar-refractivity contribution in [1.82, 2.24) is 15.1 Å². The van der Waals surface area contributed by atoms with Crippen molar-refractivity contribution >= 4 is 35.6 Å². The minimum Gasteiger partial charge on any atom is -0.368 e. The summed E-state index contributed by atoms with van der Waals surface area (Å²) >= 11 is 0. The van der Waals surface area contributed by atoms with Crippen molar-refractivity contribution < 1.29 is 0 Å². The molecule has 0 atom stereocenters. The maximum absolute atomic E-state index is 4.51. The van der Waals surface area contributed by atoms with Gasteiger partial charge in [0.25, 0.3) is 0 Å². The molecule has 0 unspecified atom stereocenters. The molecule has 0 bridgehead atoms. The average molecular weight is 471 g/mol. The highest BCUT2D eigenvalue weighted by Gasteiger charge is 2.20. The Morgan fingerprint density at radius 2 is 1.69 bits per heavy atom. The fraction of sp³-hybridized carbons (Fsp3) is 0.650. The monoisotopic (exact) mass is 471 g/mol. The third kappa shape index (κ3) is 6.01. The molecule has 0 aliphatic carbocycles. The lowest BCUT2D eigenvalue weighted by Crippen LogP contribution is -2.52. The third-order valence-corrected chi connectivity index (χ3v) is 5.59. The zero-order valence-corrected chi connectivity index (χ0v) is 18.6. The number of piperidine rings is 1.